The summed E-state index contributed by atoms with van der Waals surface area (Å²) in [4.78, 5) is 14.7. The van der Waals surface area contributed by atoms with Gasteiger partial charge in [0, 0.05) is 19.6 Å². The molecule has 1 saturated heterocycles. The number of hydrogen-bond donors (Lipinski definition) is 1. The number of nitrogens with one attached hydrogen (secondary N) is 1. The maximum Gasteiger partial charge on any atom is 0.227 e. The molecule has 3 heteroatoms. The minimum absolute atomic E-state index is 0.192. The Morgan fingerprint density at radius 1 is 1.25 bits per heavy atom. The molecule has 2 aliphatic heterocycles. The third-order valence-corrected chi connectivity index (χ3v) is 4.79. The molecule has 1 fully saturated rings. The molecular formula is C17H24N2O. The quantitative estimate of drug-likeness (QED) is 0.850. The highest BCUT2D eigenvalue weighted by atomic mass is 16.2. The maximum atomic E-state index is 12.6. The molecule has 20 heavy (non-hydrogen) atoms. The number of rotatable bonds is 1. The molecule has 1 amide bonds. The molecule has 0 spiro atoms. The van der Waals surface area contributed by atoms with E-state index in [4.69, 9.17) is 0 Å². The van der Waals surface area contributed by atoms with E-state index in [1.54, 1.807) is 0 Å². The first-order valence-electron chi connectivity index (χ1n) is 7.73. The molecule has 1 aromatic carbocycles. The van der Waals surface area contributed by atoms with E-state index in [9.17, 15) is 4.79 Å². The Kier molecular flexibility index (Phi) is 3.79. The van der Waals surface area contributed by atoms with Crippen LogP contribution in [0.1, 0.15) is 35.1 Å². The van der Waals surface area contributed by atoms with Gasteiger partial charge in [0.25, 0.3) is 0 Å². The van der Waals surface area contributed by atoms with Gasteiger partial charge in [-0.2, -0.15) is 0 Å². The number of nitrogens with zero attached hydrogens (tertiary/aromatic N) is 1. The van der Waals surface area contributed by atoms with Crippen LogP contribution in [0.25, 0.3) is 0 Å². The standard InChI is InChI=1S/C17H24N2O/c1-12-8-14-5-7-19(11-16(14)9-13(12)2)17(20)15-4-3-6-18-10-15/h8-9,15,18H,3-7,10-11H2,1-2H3. The van der Waals surface area contributed by atoms with Crippen LogP contribution in [-0.4, -0.2) is 30.4 Å². The number of benzene rings is 1. The summed E-state index contributed by atoms with van der Waals surface area (Å²) in [5.41, 5.74) is 5.47. The van der Waals surface area contributed by atoms with Crippen molar-refractivity contribution in [3.63, 3.8) is 0 Å². The van der Waals surface area contributed by atoms with Crippen molar-refractivity contribution in [2.75, 3.05) is 19.6 Å². The van der Waals surface area contributed by atoms with Gasteiger partial charge in [-0.25, -0.2) is 0 Å². The van der Waals surface area contributed by atoms with Gasteiger partial charge in [-0.05, 0) is 61.9 Å². The SMILES string of the molecule is Cc1cc2c(cc1C)CN(C(=O)C1CCCNC1)CC2. The Morgan fingerprint density at radius 2 is 2.00 bits per heavy atom. The minimum atomic E-state index is 0.192. The van der Waals surface area contributed by atoms with Crippen LogP contribution in [0.4, 0.5) is 0 Å². The first kappa shape index (κ1) is 13.6. The monoisotopic (exact) mass is 272 g/mol. The largest absolute Gasteiger partial charge is 0.338 e. The van der Waals surface area contributed by atoms with E-state index in [0.29, 0.717) is 5.91 Å². The van der Waals surface area contributed by atoms with Gasteiger partial charge >= 0.3 is 0 Å². The van der Waals surface area contributed by atoms with Crippen molar-refractivity contribution in [1.82, 2.24) is 10.2 Å². The summed E-state index contributed by atoms with van der Waals surface area (Å²) in [5.74, 6) is 0.540. The Hall–Kier alpha value is -1.35. The van der Waals surface area contributed by atoms with Crippen molar-refractivity contribution >= 4 is 5.91 Å². The van der Waals surface area contributed by atoms with Crippen LogP contribution in [0.5, 0.6) is 0 Å². The number of fused-ring (bicyclic) bond motifs is 1. The molecule has 0 bridgehead atoms. The predicted molar refractivity (Wildman–Crippen MR) is 80.6 cm³/mol. The topological polar surface area (TPSA) is 32.3 Å². The Bertz CT molecular complexity index is 518. The zero-order valence-electron chi connectivity index (χ0n) is 12.5. The molecule has 0 saturated carbocycles. The van der Waals surface area contributed by atoms with E-state index < -0.39 is 0 Å². The molecular weight excluding hydrogens is 248 g/mol. The Balaban J connectivity index is 1.74. The van der Waals surface area contributed by atoms with Crippen molar-refractivity contribution in [2.24, 2.45) is 5.92 Å². The lowest BCUT2D eigenvalue weighted by atomic mass is 9.92. The average molecular weight is 272 g/mol. The predicted octanol–water partition coefficient (Wildman–Crippen LogP) is 2.19. The lowest BCUT2D eigenvalue weighted by molar-refractivity contribution is -0.137. The summed E-state index contributed by atoms with van der Waals surface area (Å²) < 4.78 is 0. The second-order valence-corrected chi connectivity index (χ2v) is 6.26. The van der Waals surface area contributed by atoms with Crippen molar-refractivity contribution in [3.05, 3.63) is 34.4 Å². The molecule has 108 valence electrons. The number of amides is 1. The zero-order valence-corrected chi connectivity index (χ0v) is 12.5. The highest BCUT2D eigenvalue weighted by molar-refractivity contribution is 5.79. The van der Waals surface area contributed by atoms with Crippen LogP contribution in [0.3, 0.4) is 0 Å². The summed E-state index contributed by atoms with van der Waals surface area (Å²) in [6.45, 7) is 7.92. The van der Waals surface area contributed by atoms with E-state index in [2.05, 4.69) is 36.2 Å². The molecule has 3 rings (SSSR count). The Labute approximate surface area is 121 Å². The van der Waals surface area contributed by atoms with Crippen LogP contribution in [0.15, 0.2) is 12.1 Å². The van der Waals surface area contributed by atoms with Crippen LogP contribution < -0.4 is 5.32 Å². The molecule has 0 aromatic heterocycles. The Morgan fingerprint density at radius 3 is 2.70 bits per heavy atom. The molecule has 0 radical (unpaired) electrons. The molecule has 0 aliphatic carbocycles. The molecule has 1 unspecified atom stereocenters. The van der Waals surface area contributed by atoms with Crippen LogP contribution >= 0.6 is 0 Å². The van der Waals surface area contributed by atoms with E-state index in [-0.39, 0.29) is 5.92 Å². The lowest BCUT2D eigenvalue weighted by Gasteiger charge is -2.33. The summed E-state index contributed by atoms with van der Waals surface area (Å²) in [6, 6.07) is 4.57. The normalized spacial score (nSPS) is 22.5. The van der Waals surface area contributed by atoms with Crippen molar-refractivity contribution in [3.8, 4) is 0 Å². The van der Waals surface area contributed by atoms with Crippen LogP contribution in [0.2, 0.25) is 0 Å². The molecule has 1 atom stereocenters. The van der Waals surface area contributed by atoms with E-state index in [1.807, 2.05) is 0 Å². The fraction of sp³-hybridized carbons (Fsp3) is 0.588. The van der Waals surface area contributed by atoms with Gasteiger partial charge in [0.05, 0.1) is 5.92 Å². The summed E-state index contributed by atoms with van der Waals surface area (Å²) in [7, 11) is 0. The lowest BCUT2D eigenvalue weighted by Crippen LogP contribution is -2.44. The van der Waals surface area contributed by atoms with Gasteiger partial charge in [0.15, 0.2) is 0 Å². The van der Waals surface area contributed by atoms with Gasteiger partial charge in [-0.1, -0.05) is 12.1 Å². The van der Waals surface area contributed by atoms with Gasteiger partial charge in [0.2, 0.25) is 5.91 Å². The summed E-state index contributed by atoms with van der Waals surface area (Å²) >= 11 is 0. The molecule has 1 N–H and O–H groups in total. The molecule has 2 aliphatic rings. The van der Waals surface area contributed by atoms with Gasteiger partial charge in [-0.15, -0.1) is 0 Å². The third-order valence-electron chi connectivity index (χ3n) is 4.79. The van der Waals surface area contributed by atoms with Crippen LogP contribution in [0, 0.1) is 19.8 Å². The second-order valence-electron chi connectivity index (χ2n) is 6.26. The third kappa shape index (κ3) is 2.59. The fourth-order valence-electron chi connectivity index (χ4n) is 3.36. The van der Waals surface area contributed by atoms with Crippen molar-refractivity contribution in [1.29, 1.82) is 0 Å². The van der Waals surface area contributed by atoms with Gasteiger partial charge in [0.1, 0.15) is 0 Å². The first-order valence-corrected chi connectivity index (χ1v) is 7.73. The summed E-state index contributed by atoms with van der Waals surface area (Å²) in [5, 5.41) is 3.34. The number of hydrogen-bond acceptors (Lipinski definition) is 2. The maximum absolute atomic E-state index is 12.6. The average Bonchev–Trinajstić information content (AvgIpc) is 2.48. The van der Waals surface area contributed by atoms with E-state index in [0.717, 1.165) is 45.4 Å². The number of piperidine rings is 1. The van der Waals surface area contributed by atoms with Crippen molar-refractivity contribution in [2.45, 2.75) is 39.7 Å². The molecule has 1 aromatic rings. The number of carbonyl (C=O) groups excluding carboxylic acids is 1. The van der Waals surface area contributed by atoms with Gasteiger partial charge < -0.3 is 10.2 Å². The smallest absolute Gasteiger partial charge is 0.227 e. The van der Waals surface area contributed by atoms with Crippen LogP contribution in [-0.2, 0) is 17.8 Å². The van der Waals surface area contributed by atoms with E-state index in [1.165, 1.54) is 22.3 Å². The van der Waals surface area contributed by atoms with E-state index >= 15 is 0 Å². The molecule has 3 nitrogen and oxygen atoms in total. The fourth-order valence-corrected chi connectivity index (χ4v) is 3.36. The highest BCUT2D eigenvalue weighted by Crippen LogP contribution is 2.24. The minimum Gasteiger partial charge on any atom is -0.338 e. The summed E-state index contributed by atoms with van der Waals surface area (Å²) in [6.07, 6.45) is 3.17. The van der Waals surface area contributed by atoms with Crippen molar-refractivity contribution < 1.29 is 4.79 Å². The second kappa shape index (κ2) is 5.57. The zero-order chi connectivity index (χ0) is 14.1. The number of carbonyl (C=O) groups is 1. The first-order chi connectivity index (χ1) is 9.65. The number of aryl methyl sites for hydroxylation is 2. The highest BCUT2D eigenvalue weighted by Gasteiger charge is 2.28. The molecule has 2 heterocycles. The van der Waals surface area contributed by atoms with Gasteiger partial charge in [-0.3, -0.25) is 4.79 Å².